The molecule has 0 saturated heterocycles. The Morgan fingerprint density at radius 1 is 0.967 bits per heavy atom. The van der Waals surface area contributed by atoms with Gasteiger partial charge in [-0.15, -0.1) is 0 Å². The second-order valence-electron chi connectivity index (χ2n) is 5.95. The summed E-state index contributed by atoms with van der Waals surface area (Å²) in [4.78, 5) is 16.6. The van der Waals surface area contributed by atoms with E-state index < -0.39 is 5.97 Å². The first-order chi connectivity index (χ1) is 14.6. The fourth-order valence-corrected chi connectivity index (χ4v) is 2.69. The van der Waals surface area contributed by atoms with Gasteiger partial charge in [-0.25, -0.2) is 4.79 Å². The van der Waals surface area contributed by atoms with E-state index in [0.717, 1.165) is 0 Å². The van der Waals surface area contributed by atoms with Crippen molar-refractivity contribution in [2.24, 2.45) is 0 Å². The van der Waals surface area contributed by atoms with Crippen LogP contribution in [0.3, 0.4) is 0 Å². The van der Waals surface area contributed by atoms with Crippen molar-refractivity contribution in [1.29, 1.82) is 0 Å². The zero-order valence-corrected chi connectivity index (χ0v) is 17.1. The van der Waals surface area contributed by atoms with Crippen molar-refractivity contribution >= 4 is 5.97 Å². The number of aromatic nitrogens is 2. The van der Waals surface area contributed by atoms with E-state index in [1.807, 2.05) is 6.92 Å². The van der Waals surface area contributed by atoms with Crippen molar-refractivity contribution in [3.05, 3.63) is 47.9 Å². The highest BCUT2D eigenvalue weighted by atomic mass is 16.6. The minimum atomic E-state index is -0.557. The SMILES string of the molecule is CCOc1ccc(C(=O)OCc2nc(-c3ccc(OC)cc3OC)no2)cc1OC. The van der Waals surface area contributed by atoms with E-state index in [4.69, 9.17) is 28.2 Å². The summed E-state index contributed by atoms with van der Waals surface area (Å²) < 4.78 is 31.7. The van der Waals surface area contributed by atoms with Crippen LogP contribution in [0.25, 0.3) is 11.4 Å². The van der Waals surface area contributed by atoms with Crippen molar-refractivity contribution in [3.63, 3.8) is 0 Å². The molecule has 30 heavy (non-hydrogen) atoms. The number of hydrogen-bond donors (Lipinski definition) is 0. The molecule has 9 heteroatoms. The van der Waals surface area contributed by atoms with Crippen LogP contribution in [0.2, 0.25) is 0 Å². The first-order valence-electron chi connectivity index (χ1n) is 9.12. The van der Waals surface area contributed by atoms with Gasteiger partial charge in [-0.2, -0.15) is 4.98 Å². The van der Waals surface area contributed by atoms with E-state index in [1.54, 1.807) is 43.5 Å². The van der Waals surface area contributed by atoms with E-state index in [9.17, 15) is 4.79 Å². The third-order valence-corrected chi connectivity index (χ3v) is 4.14. The molecule has 0 aliphatic heterocycles. The van der Waals surface area contributed by atoms with Crippen LogP contribution in [0.1, 0.15) is 23.2 Å². The Hall–Kier alpha value is -3.75. The Labute approximate surface area is 173 Å². The lowest BCUT2D eigenvalue weighted by molar-refractivity contribution is 0.0429. The Morgan fingerprint density at radius 2 is 1.77 bits per heavy atom. The second kappa shape index (κ2) is 9.64. The number of rotatable bonds is 9. The molecule has 0 amide bonds. The van der Waals surface area contributed by atoms with Crippen LogP contribution in [0, 0.1) is 0 Å². The first kappa shape index (κ1) is 21.0. The molecule has 3 rings (SSSR count). The fraction of sp³-hybridized carbons (Fsp3) is 0.286. The van der Waals surface area contributed by atoms with Crippen LogP contribution in [0.4, 0.5) is 0 Å². The minimum absolute atomic E-state index is 0.147. The van der Waals surface area contributed by atoms with Gasteiger partial charge in [0.05, 0.1) is 39.1 Å². The highest BCUT2D eigenvalue weighted by Gasteiger charge is 2.17. The number of esters is 1. The number of carbonyl (C=O) groups excluding carboxylic acids is 1. The van der Waals surface area contributed by atoms with Crippen molar-refractivity contribution in [3.8, 4) is 34.4 Å². The van der Waals surface area contributed by atoms with Gasteiger partial charge in [0.2, 0.25) is 5.82 Å². The minimum Gasteiger partial charge on any atom is -0.497 e. The van der Waals surface area contributed by atoms with Crippen LogP contribution < -0.4 is 18.9 Å². The molecular formula is C21H22N2O7. The number of hydrogen-bond acceptors (Lipinski definition) is 9. The maximum Gasteiger partial charge on any atom is 0.338 e. The summed E-state index contributed by atoms with van der Waals surface area (Å²) in [7, 11) is 4.60. The predicted molar refractivity (Wildman–Crippen MR) is 106 cm³/mol. The van der Waals surface area contributed by atoms with Crippen molar-refractivity contribution in [2.45, 2.75) is 13.5 Å². The Morgan fingerprint density at radius 3 is 2.47 bits per heavy atom. The Balaban J connectivity index is 1.69. The second-order valence-corrected chi connectivity index (χ2v) is 5.95. The average molecular weight is 414 g/mol. The molecule has 158 valence electrons. The van der Waals surface area contributed by atoms with Crippen molar-refractivity contribution < 1.29 is 33.0 Å². The summed E-state index contributed by atoms with van der Waals surface area (Å²) in [5.41, 5.74) is 0.933. The van der Waals surface area contributed by atoms with Gasteiger partial charge < -0.3 is 28.2 Å². The van der Waals surface area contributed by atoms with Gasteiger partial charge >= 0.3 is 5.97 Å². The molecular weight excluding hydrogens is 392 g/mol. The van der Waals surface area contributed by atoms with E-state index in [-0.39, 0.29) is 12.5 Å². The third-order valence-electron chi connectivity index (χ3n) is 4.14. The molecule has 1 heterocycles. The monoisotopic (exact) mass is 414 g/mol. The first-order valence-corrected chi connectivity index (χ1v) is 9.12. The van der Waals surface area contributed by atoms with Gasteiger partial charge in [0.1, 0.15) is 11.5 Å². The topological polar surface area (TPSA) is 102 Å². The average Bonchev–Trinajstić information content (AvgIpc) is 3.26. The molecule has 1 aromatic heterocycles. The predicted octanol–water partition coefficient (Wildman–Crippen LogP) is 3.52. The van der Waals surface area contributed by atoms with Gasteiger partial charge in [-0.05, 0) is 37.3 Å². The molecule has 0 aliphatic carbocycles. The number of benzene rings is 2. The normalized spacial score (nSPS) is 10.4. The largest absolute Gasteiger partial charge is 0.497 e. The van der Waals surface area contributed by atoms with Gasteiger partial charge in [-0.3, -0.25) is 0 Å². The smallest absolute Gasteiger partial charge is 0.338 e. The highest BCUT2D eigenvalue weighted by molar-refractivity contribution is 5.90. The van der Waals surface area contributed by atoms with Gasteiger partial charge in [-0.1, -0.05) is 5.16 Å². The zero-order valence-electron chi connectivity index (χ0n) is 17.1. The number of nitrogens with zero attached hydrogens (tertiary/aromatic N) is 2. The molecule has 0 spiro atoms. The standard InChI is InChI=1S/C21H22N2O7/c1-5-28-16-9-6-13(10-18(16)27-4)21(24)29-12-19-22-20(23-30-19)15-8-7-14(25-2)11-17(15)26-3/h6-11H,5,12H2,1-4H3. The van der Waals surface area contributed by atoms with Gasteiger partial charge in [0.25, 0.3) is 5.89 Å². The summed E-state index contributed by atoms with van der Waals surface area (Å²) in [6.45, 7) is 2.17. The third kappa shape index (κ3) is 4.62. The number of carbonyl (C=O) groups is 1. The fourth-order valence-electron chi connectivity index (χ4n) is 2.69. The highest BCUT2D eigenvalue weighted by Crippen LogP contribution is 2.32. The summed E-state index contributed by atoms with van der Waals surface area (Å²) in [6, 6.07) is 10.0. The zero-order chi connectivity index (χ0) is 21.5. The van der Waals surface area contributed by atoms with E-state index in [2.05, 4.69) is 10.1 Å². The molecule has 0 saturated carbocycles. The lowest BCUT2D eigenvalue weighted by Gasteiger charge is -2.10. The van der Waals surface area contributed by atoms with E-state index >= 15 is 0 Å². The summed E-state index contributed by atoms with van der Waals surface area (Å²) in [5, 5.41) is 3.93. The molecule has 3 aromatic rings. The molecule has 9 nitrogen and oxygen atoms in total. The lowest BCUT2D eigenvalue weighted by atomic mass is 10.2. The summed E-state index contributed by atoms with van der Waals surface area (Å²) in [6.07, 6.45) is 0. The molecule has 2 aromatic carbocycles. The van der Waals surface area contributed by atoms with Crippen LogP contribution in [-0.2, 0) is 11.3 Å². The van der Waals surface area contributed by atoms with Crippen LogP contribution >= 0.6 is 0 Å². The molecule has 0 N–H and O–H groups in total. The van der Waals surface area contributed by atoms with Crippen LogP contribution in [0.15, 0.2) is 40.9 Å². The van der Waals surface area contributed by atoms with Crippen molar-refractivity contribution in [1.82, 2.24) is 10.1 Å². The molecule has 0 fully saturated rings. The molecule has 0 bridgehead atoms. The Kier molecular flexibility index (Phi) is 6.74. The summed E-state index contributed by atoms with van der Waals surface area (Å²) in [5.74, 6) is 2.05. The Bertz CT molecular complexity index is 1020. The van der Waals surface area contributed by atoms with Crippen molar-refractivity contribution in [2.75, 3.05) is 27.9 Å². The molecule has 0 atom stereocenters. The molecule has 0 radical (unpaired) electrons. The summed E-state index contributed by atoms with van der Waals surface area (Å²) >= 11 is 0. The maximum absolute atomic E-state index is 12.4. The lowest BCUT2D eigenvalue weighted by Crippen LogP contribution is -2.06. The van der Waals surface area contributed by atoms with Crippen LogP contribution in [-0.4, -0.2) is 44.0 Å². The van der Waals surface area contributed by atoms with Crippen LogP contribution in [0.5, 0.6) is 23.0 Å². The maximum atomic E-state index is 12.4. The number of methoxy groups -OCH3 is 3. The van der Waals surface area contributed by atoms with Gasteiger partial charge in [0.15, 0.2) is 18.1 Å². The van der Waals surface area contributed by atoms with E-state index in [0.29, 0.717) is 46.6 Å². The van der Waals surface area contributed by atoms with E-state index in [1.165, 1.54) is 14.2 Å². The quantitative estimate of drug-likeness (QED) is 0.487. The molecule has 0 unspecified atom stereocenters. The molecule has 0 aliphatic rings. The van der Waals surface area contributed by atoms with Gasteiger partial charge in [0, 0.05) is 6.07 Å². The number of ether oxygens (including phenoxy) is 5.